The van der Waals surface area contributed by atoms with Gasteiger partial charge >= 0.3 is 6.03 Å². The number of primary amides is 1. The molecule has 2 aromatic carbocycles. The predicted molar refractivity (Wildman–Crippen MR) is 79.1 cm³/mol. The maximum atomic E-state index is 11.7. The molecule has 0 saturated heterocycles. The molecule has 0 unspecified atom stereocenters. The summed E-state index contributed by atoms with van der Waals surface area (Å²) in [6, 6.07) is 15.3. The van der Waals surface area contributed by atoms with Crippen molar-refractivity contribution in [3.05, 3.63) is 65.2 Å². The fourth-order valence-corrected chi connectivity index (χ4v) is 2.84. The molecule has 3 rings (SSSR count). The first kappa shape index (κ1) is 12.5. The van der Waals surface area contributed by atoms with Gasteiger partial charge in [0.2, 0.25) is 0 Å². The van der Waals surface area contributed by atoms with Crippen molar-refractivity contribution in [2.45, 2.75) is 12.5 Å². The van der Waals surface area contributed by atoms with E-state index in [2.05, 4.69) is 12.1 Å². The molecule has 0 fully saturated rings. The van der Waals surface area contributed by atoms with E-state index in [0.29, 0.717) is 12.2 Å². The number of benzene rings is 2. The third kappa shape index (κ3) is 2.09. The number of nitrogens with two attached hydrogens (primary N) is 2. The molecule has 0 radical (unpaired) electrons. The summed E-state index contributed by atoms with van der Waals surface area (Å²) in [5.74, 6) is 0. The Kier molecular flexibility index (Phi) is 3.06. The minimum atomic E-state index is -0.388. The highest BCUT2D eigenvalue weighted by Crippen LogP contribution is 2.35. The van der Waals surface area contributed by atoms with E-state index in [-0.39, 0.29) is 12.1 Å². The van der Waals surface area contributed by atoms with Gasteiger partial charge in [0, 0.05) is 12.2 Å². The number of anilines is 1. The third-order valence-corrected chi connectivity index (χ3v) is 3.82. The van der Waals surface area contributed by atoms with E-state index < -0.39 is 0 Å². The quantitative estimate of drug-likeness (QED) is 0.778. The average molecular weight is 267 g/mol. The van der Waals surface area contributed by atoms with E-state index in [0.717, 1.165) is 17.5 Å². The van der Waals surface area contributed by atoms with Crippen LogP contribution in [-0.4, -0.2) is 17.5 Å². The molecule has 4 N–H and O–H groups in total. The van der Waals surface area contributed by atoms with Crippen molar-refractivity contribution in [1.82, 2.24) is 4.90 Å². The Hall–Kier alpha value is -2.49. The second kappa shape index (κ2) is 4.89. The topological polar surface area (TPSA) is 72.4 Å². The summed E-state index contributed by atoms with van der Waals surface area (Å²) < 4.78 is 0. The monoisotopic (exact) mass is 267 g/mol. The van der Waals surface area contributed by atoms with E-state index in [9.17, 15) is 4.79 Å². The van der Waals surface area contributed by atoms with E-state index in [1.54, 1.807) is 4.90 Å². The minimum Gasteiger partial charge on any atom is -0.399 e. The van der Waals surface area contributed by atoms with Crippen LogP contribution in [0.1, 0.15) is 22.7 Å². The first-order chi connectivity index (χ1) is 9.66. The third-order valence-electron chi connectivity index (χ3n) is 3.82. The fraction of sp³-hybridized carbons (Fsp3) is 0.188. The van der Waals surface area contributed by atoms with Crippen molar-refractivity contribution in [1.29, 1.82) is 0 Å². The number of amides is 2. The highest BCUT2D eigenvalue weighted by molar-refractivity contribution is 5.74. The van der Waals surface area contributed by atoms with Crippen LogP contribution in [0.25, 0.3) is 0 Å². The van der Waals surface area contributed by atoms with Crippen molar-refractivity contribution < 1.29 is 4.79 Å². The van der Waals surface area contributed by atoms with Crippen LogP contribution in [-0.2, 0) is 6.42 Å². The van der Waals surface area contributed by atoms with Gasteiger partial charge in [0.15, 0.2) is 0 Å². The Morgan fingerprint density at radius 2 is 1.80 bits per heavy atom. The maximum absolute atomic E-state index is 11.7. The Morgan fingerprint density at radius 3 is 2.50 bits per heavy atom. The number of hydrogen-bond donors (Lipinski definition) is 2. The number of urea groups is 1. The Balaban J connectivity index is 2.11. The molecular weight excluding hydrogens is 250 g/mol. The summed E-state index contributed by atoms with van der Waals surface area (Å²) in [6.07, 6.45) is 0.838. The molecule has 102 valence electrons. The lowest BCUT2D eigenvalue weighted by Crippen LogP contribution is -2.43. The van der Waals surface area contributed by atoms with Crippen LogP contribution >= 0.6 is 0 Å². The standard InChI is InChI=1S/C16H17N3O/c17-13-7-5-12(6-8-13)15-14-4-2-1-3-11(14)9-10-19(15)16(18)20/h1-8,15H,9-10,17H2,(H2,18,20)/t15-/m0/s1. The summed E-state index contributed by atoms with van der Waals surface area (Å²) in [5, 5.41) is 0. The van der Waals surface area contributed by atoms with Gasteiger partial charge in [0.25, 0.3) is 0 Å². The highest BCUT2D eigenvalue weighted by atomic mass is 16.2. The van der Waals surface area contributed by atoms with Gasteiger partial charge in [0.05, 0.1) is 6.04 Å². The van der Waals surface area contributed by atoms with Crippen molar-refractivity contribution in [2.75, 3.05) is 12.3 Å². The number of hydrogen-bond acceptors (Lipinski definition) is 2. The smallest absolute Gasteiger partial charge is 0.315 e. The van der Waals surface area contributed by atoms with Gasteiger partial charge < -0.3 is 16.4 Å². The summed E-state index contributed by atoms with van der Waals surface area (Å²) in [4.78, 5) is 13.5. The molecule has 1 aliphatic rings. The number of nitrogen functional groups attached to an aromatic ring is 1. The summed E-state index contributed by atoms with van der Waals surface area (Å²) in [5.41, 5.74) is 15.4. The van der Waals surface area contributed by atoms with Crippen molar-refractivity contribution in [2.24, 2.45) is 5.73 Å². The Bertz CT molecular complexity index is 636. The van der Waals surface area contributed by atoms with Crippen LogP contribution in [0.15, 0.2) is 48.5 Å². The van der Waals surface area contributed by atoms with E-state index >= 15 is 0 Å². The van der Waals surface area contributed by atoms with Gasteiger partial charge in [-0.05, 0) is 35.2 Å². The highest BCUT2D eigenvalue weighted by Gasteiger charge is 2.30. The number of rotatable bonds is 1. The average Bonchev–Trinajstić information content (AvgIpc) is 2.47. The predicted octanol–water partition coefficient (Wildman–Crippen LogP) is 2.30. The van der Waals surface area contributed by atoms with Crippen molar-refractivity contribution >= 4 is 11.7 Å². The lowest BCUT2D eigenvalue weighted by molar-refractivity contribution is 0.190. The molecule has 1 aliphatic heterocycles. The van der Waals surface area contributed by atoms with Crippen LogP contribution in [0, 0.1) is 0 Å². The maximum Gasteiger partial charge on any atom is 0.315 e. The van der Waals surface area contributed by atoms with Gasteiger partial charge in [-0.3, -0.25) is 0 Å². The summed E-state index contributed by atoms with van der Waals surface area (Å²) in [7, 11) is 0. The molecule has 1 atom stereocenters. The van der Waals surface area contributed by atoms with Gasteiger partial charge in [-0.1, -0.05) is 36.4 Å². The van der Waals surface area contributed by atoms with Gasteiger partial charge in [0.1, 0.15) is 0 Å². The lowest BCUT2D eigenvalue weighted by atomic mass is 9.88. The molecule has 0 saturated carbocycles. The molecule has 1 heterocycles. The first-order valence-electron chi connectivity index (χ1n) is 6.66. The minimum absolute atomic E-state index is 0.127. The van der Waals surface area contributed by atoms with Crippen LogP contribution in [0.2, 0.25) is 0 Å². The number of carbonyl (C=O) groups is 1. The summed E-state index contributed by atoms with van der Waals surface area (Å²) in [6.45, 7) is 0.640. The number of carbonyl (C=O) groups excluding carboxylic acids is 1. The molecule has 2 amide bonds. The van der Waals surface area contributed by atoms with E-state index in [4.69, 9.17) is 11.5 Å². The zero-order valence-corrected chi connectivity index (χ0v) is 11.1. The second-order valence-electron chi connectivity index (χ2n) is 5.05. The molecule has 0 aromatic heterocycles. The zero-order chi connectivity index (χ0) is 14.1. The van der Waals surface area contributed by atoms with Crippen molar-refractivity contribution in [3.63, 3.8) is 0 Å². The van der Waals surface area contributed by atoms with Gasteiger partial charge in [-0.15, -0.1) is 0 Å². The molecule has 0 bridgehead atoms. The number of fused-ring (bicyclic) bond motifs is 1. The molecule has 20 heavy (non-hydrogen) atoms. The molecular formula is C16H17N3O. The van der Waals surface area contributed by atoms with Crippen LogP contribution in [0.3, 0.4) is 0 Å². The van der Waals surface area contributed by atoms with Crippen LogP contribution in [0.4, 0.5) is 10.5 Å². The van der Waals surface area contributed by atoms with Crippen LogP contribution < -0.4 is 11.5 Å². The van der Waals surface area contributed by atoms with E-state index in [1.165, 1.54) is 5.56 Å². The van der Waals surface area contributed by atoms with Gasteiger partial charge in [-0.25, -0.2) is 4.79 Å². The van der Waals surface area contributed by atoms with Gasteiger partial charge in [-0.2, -0.15) is 0 Å². The molecule has 2 aromatic rings. The zero-order valence-electron chi connectivity index (χ0n) is 11.1. The molecule has 4 nitrogen and oxygen atoms in total. The summed E-state index contributed by atoms with van der Waals surface area (Å²) >= 11 is 0. The van der Waals surface area contributed by atoms with E-state index in [1.807, 2.05) is 36.4 Å². The normalized spacial score (nSPS) is 17.6. The number of nitrogens with zero attached hydrogens (tertiary/aromatic N) is 1. The molecule has 4 heteroatoms. The largest absolute Gasteiger partial charge is 0.399 e. The van der Waals surface area contributed by atoms with Crippen LogP contribution in [0.5, 0.6) is 0 Å². The van der Waals surface area contributed by atoms with Crippen molar-refractivity contribution in [3.8, 4) is 0 Å². The molecule has 0 spiro atoms. The Morgan fingerprint density at radius 1 is 1.10 bits per heavy atom. The lowest BCUT2D eigenvalue weighted by Gasteiger charge is -2.36. The second-order valence-corrected chi connectivity index (χ2v) is 5.05. The fourth-order valence-electron chi connectivity index (χ4n) is 2.84. The first-order valence-corrected chi connectivity index (χ1v) is 6.66. The molecule has 0 aliphatic carbocycles. The Labute approximate surface area is 118 Å². The SMILES string of the molecule is NC(=O)N1CCc2ccccc2[C@@H]1c1ccc(N)cc1.